The second-order valence-electron chi connectivity index (χ2n) is 10.9. The average molecular weight is 451 g/mol. The van der Waals surface area contributed by atoms with Gasteiger partial charge >= 0.3 is 11.9 Å². The van der Waals surface area contributed by atoms with Crippen LogP contribution in [0.15, 0.2) is 0 Å². The van der Waals surface area contributed by atoms with E-state index in [1.807, 2.05) is 0 Å². The minimum atomic E-state index is -0.139. The quantitative estimate of drug-likeness (QED) is 0.261. The average Bonchev–Trinajstić information content (AvgIpc) is 3.68. The summed E-state index contributed by atoms with van der Waals surface area (Å²) in [5.74, 6) is 3.11. The lowest BCUT2D eigenvalue weighted by Crippen LogP contribution is -2.30. The molecule has 8 unspecified atom stereocenters. The highest BCUT2D eigenvalue weighted by atomic mass is 16.6. The second kappa shape index (κ2) is 11.3. The Labute approximate surface area is 193 Å². The van der Waals surface area contributed by atoms with Gasteiger partial charge < -0.3 is 18.9 Å². The lowest BCUT2D eigenvalue weighted by atomic mass is 9.74. The highest BCUT2D eigenvalue weighted by molar-refractivity contribution is 5.70. The van der Waals surface area contributed by atoms with Gasteiger partial charge in [-0.05, 0) is 86.9 Å². The summed E-state index contributed by atoms with van der Waals surface area (Å²) in [5, 5.41) is 0. The van der Waals surface area contributed by atoms with E-state index in [1.165, 1.54) is 25.7 Å². The first-order valence-electron chi connectivity index (χ1n) is 13.0. The fourth-order valence-electron chi connectivity index (χ4n) is 5.78. The van der Waals surface area contributed by atoms with Crippen LogP contribution < -0.4 is 0 Å². The van der Waals surface area contributed by atoms with Crippen LogP contribution in [0.25, 0.3) is 0 Å². The molecule has 4 aliphatic rings. The molecule has 4 rings (SSSR count). The smallest absolute Gasteiger partial charge is 0.305 e. The minimum absolute atomic E-state index is 0.139. The van der Waals surface area contributed by atoms with Crippen LogP contribution in [0.1, 0.15) is 78.1 Å². The third kappa shape index (κ3) is 7.18. The molecule has 0 radical (unpaired) electrons. The molecule has 0 N–H and O–H groups in total. The second-order valence-corrected chi connectivity index (χ2v) is 10.9. The summed E-state index contributed by atoms with van der Waals surface area (Å²) in [7, 11) is 0. The predicted molar refractivity (Wildman–Crippen MR) is 120 cm³/mol. The Bertz CT molecular complexity index is 574. The molecule has 0 bridgehead atoms. The standard InChI is InChI=1S/C26H42O6/c1-17-7-9-19(23-15-29-23)11-21(17)13-31-25(27)5-3-4-6-26(28)32-14-22-12-20(24-16-30-24)10-8-18(22)2/h17-24H,3-16H2,1-2H3. The predicted octanol–water partition coefficient (Wildman–Crippen LogP) is 4.54. The number of hydrogen-bond acceptors (Lipinski definition) is 6. The fraction of sp³-hybridized carbons (Fsp3) is 0.923. The molecule has 182 valence electrons. The summed E-state index contributed by atoms with van der Waals surface area (Å²) < 4.78 is 22.1. The molecular weight excluding hydrogens is 408 g/mol. The van der Waals surface area contributed by atoms with Crippen molar-refractivity contribution in [1.82, 2.24) is 0 Å². The Morgan fingerprint density at radius 2 is 1.12 bits per heavy atom. The summed E-state index contributed by atoms with van der Waals surface area (Å²) in [5.41, 5.74) is 0. The van der Waals surface area contributed by atoms with E-state index in [0.29, 0.717) is 86.6 Å². The molecule has 4 fully saturated rings. The molecule has 32 heavy (non-hydrogen) atoms. The van der Waals surface area contributed by atoms with Crippen molar-refractivity contribution in [3.8, 4) is 0 Å². The zero-order chi connectivity index (χ0) is 22.5. The molecular formula is C26H42O6. The molecule has 2 aliphatic carbocycles. The maximum absolute atomic E-state index is 12.2. The summed E-state index contributed by atoms with van der Waals surface area (Å²) >= 11 is 0. The van der Waals surface area contributed by atoms with Crippen LogP contribution in [-0.2, 0) is 28.5 Å². The molecule has 0 aromatic heterocycles. The zero-order valence-electron chi connectivity index (χ0n) is 20.0. The molecule has 0 amide bonds. The monoisotopic (exact) mass is 450 g/mol. The van der Waals surface area contributed by atoms with E-state index in [4.69, 9.17) is 18.9 Å². The SMILES string of the molecule is CC1CCC(C2CO2)CC1COC(=O)CCCCC(=O)OCC1CC(C2CO2)CCC1C. The number of unbranched alkanes of at least 4 members (excludes halogenated alkanes) is 1. The fourth-order valence-corrected chi connectivity index (χ4v) is 5.78. The maximum atomic E-state index is 12.2. The van der Waals surface area contributed by atoms with Gasteiger partial charge in [0, 0.05) is 12.8 Å². The van der Waals surface area contributed by atoms with E-state index < -0.39 is 0 Å². The molecule has 0 aromatic rings. The van der Waals surface area contributed by atoms with Crippen molar-refractivity contribution < 1.29 is 28.5 Å². The van der Waals surface area contributed by atoms with Crippen LogP contribution in [0, 0.1) is 35.5 Å². The Kier molecular flexibility index (Phi) is 8.49. The minimum Gasteiger partial charge on any atom is -0.465 e. The molecule has 2 heterocycles. The molecule has 8 atom stereocenters. The van der Waals surface area contributed by atoms with Crippen molar-refractivity contribution in [3.63, 3.8) is 0 Å². The lowest BCUT2D eigenvalue weighted by Gasteiger charge is -2.33. The topological polar surface area (TPSA) is 77.7 Å². The van der Waals surface area contributed by atoms with Crippen LogP contribution in [0.3, 0.4) is 0 Å². The summed E-state index contributed by atoms with van der Waals surface area (Å²) in [6.07, 6.45) is 10.1. The van der Waals surface area contributed by atoms with Crippen molar-refractivity contribution in [1.29, 1.82) is 0 Å². The molecule has 2 saturated carbocycles. The Hall–Kier alpha value is -1.14. The van der Waals surface area contributed by atoms with Crippen molar-refractivity contribution in [2.24, 2.45) is 35.5 Å². The van der Waals surface area contributed by atoms with Gasteiger partial charge in [0.25, 0.3) is 0 Å². The van der Waals surface area contributed by atoms with E-state index in [2.05, 4.69) is 13.8 Å². The van der Waals surface area contributed by atoms with E-state index in [0.717, 1.165) is 26.1 Å². The number of hydrogen-bond donors (Lipinski definition) is 0. The first-order chi connectivity index (χ1) is 15.5. The number of carbonyl (C=O) groups is 2. The largest absolute Gasteiger partial charge is 0.465 e. The van der Waals surface area contributed by atoms with Gasteiger partial charge in [-0.25, -0.2) is 0 Å². The molecule has 0 aromatic carbocycles. The van der Waals surface area contributed by atoms with E-state index >= 15 is 0 Å². The summed E-state index contributed by atoms with van der Waals surface area (Å²) in [4.78, 5) is 24.3. The molecule has 2 saturated heterocycles. The highest BCUT2D eigenvalue weighted by Gasteiger charge is 2.39. The van der Waals surface area contributed by atoms with E-state index in [-0.39, 0.29) is 11.9 Å². The van der Waals surface area contributed by atoms with Gasteiger partial charge in [-0.2, -0.15) is 0 Å². The molecule has 0 spiro atoms. The third-order valence-electron chi connectivity index (χ3n) is 8.50. The maximum Gasteiger partial charge on any atom is 0.305 e. The van der Waals surface area contributed by atoms with Gasteiger partial charge in [-0.1, -0.05) is 13.8 Å². The number of carbonyl (C=O) groups excluding carboxylic acids is 2. The Morgan fingerprint density at radius 1 is 0.719 bits per heavy atom. The number of epoxide rings is 2. The normalized spacial score (nSPS) is 38.7. The number of rotatable bonds is 11. The van der Waals surface area contributed by atoms with Crippen molar-refractivity contribution in [3.05, 3.63) is 0 Å². The highest BCUT2D eigenvalue weighted by Crippen LogP contribution is 2.40. The molecule has 6 nitrogen and oxygen atoms in total. The summed E-state index contributed by atoms with van der Waals surface area (Å²) in [6.45, 7) is 7.40. The first kappa shape index (κ1) is 24.0. The van der Waals surface area contributed by atoms with Crippen LogP contribution >= 0.6 is 0 Å². The van der Waals surface area contributed by atoms with E-state index in [1.54, 1.807) is 0 Å². The van der Waals surface area contributed by atoms with Crippen LogP contribution in [0.2, 0.25) is 0 Å². The van der Waals surface area contributed by atoms with Crippen LogP contribution in [0.4, 0.5) is 0 Å². The van der Waals surface area contributed by atoms with Gasteiger partial charge in [-0.15, -0.1) is 0 Å². The zero-order valence-corrected chi connectivity index (χ0v) is 20.0. The first-order valence-corrected chi connectivity index (χ1v) is 13.0. The van der Waals surface area contributed by atoms with Crippen molar-refractivity contribution in [2.75, 3.05) is 26.4 Å². The lowest BCUT2D eigenvalue weighted by molar-refractivity contribution is -0.148. The van der Waals surface area contributed by atoms with Gasteiger partial charge in [0.2, 0.25) is 0 Å². The van der Waals surface area contributed by atoms with E-state index in [9.17, 15) is 9.59 Å². The van der Waals surface area contributed by atoms with Gasteiger partial charge in [-0.3, -0.25) is 9.59 Å². The number of ether oxygens (including phenoxy) is 4. The molecule has 6 heteroatoms. The van der Waals surface area contributed by atoms with Crippen LogP contribution in [0.5, 0.6) is 0 Å². The van der Waals surface area contributed by atoms with Crippen molar-refractivity contribution in [2.45, 2.75) is 90.3 Å². The van der Waals surface area contributed by atoms with Gasteiger partial charge in [0.05, 0.1) is 38.6 Å². The summed E-state index contributed by atoms with van der Waals surface area (Å²) in [6, 6.07) is 0. The van der Waals surface area contributed by atoms with Gasteiger partial charge in [0.1, 0.15) is 0 Å². The van der Waals surface area contributed by atoms with Crippen LogP contribution in [-0.4, -0.2) is 50.6 Å². The molecule has 2 aliphatic heterocycles. The third-order valence-corrected chi connectivity index (χ3v) is 8.50. The Balaban J connectivity index is 1.04. The Morgan fingerprint density at radius 3 is 1.50 bits per heavy atom. The van der Waals surface area contributed by atoms with Crippen molar-refractivity contribution >= 4 is 11.9 Å². The van der Waals surface area contributed by atoms with Gasteiger partial charge in [0.15, 0.2) is 0 Å². The number of esters is 2.